The molecule has 1 aromatic carbocycles. The first-order valence-electron chi connectivity index (χ1n) is 13.6. The summed E-state index contributed by atoms with van der Waals surface area (Å²) >= 11 is 0. The minimum atomic E-state index is -3.16. The smallest absolute Gasteiger partial charge is 0.257 e. The van der Waals surface area contributed by atoms with Gasteiger partial charge in [-0.15, -0.1) is 0 Å². The second-order valence-electron chi connectivity index (χ2n) is 10.8. The number of aromatic nitrogens is 2. The molecule has 0 spiro atoms. The molecule has 0 bridgehead atoms. The highest BCUT2D eigenvalue weighted by Gasteiger charge is 2.32. The summed E-state index contributed by atoms with van der Waals surface area (Å²) in [6.07, 6.45) is 7.93. The molecule has 1 aromatic heterocycles. The van der Waals surface area contributed by atoms with E-state index in [1.807, 2.05) is 20.8 Å². The third kappa shape index (κ3) is 7.64. The normalized spacial score (nSPS) is 20.1. The van der Waals surface area contributed by atoms with Crippen LogP contribution in [-0.4, -0.2) is 79.8 Å². The topological polar surface area (TPSA) is 117 Å². The van der Waals surface area contributed by atoms with Crippen molar-refractivity contribution in [1.29, 1.82) is 0 Å². The number of ether oxygens (including phenoxy) is 1. The molecule has 2 aromatic rings. The number of carbonyl (C=O) groups excluding carboxylic acids is 1. The predicted octanol–water partition coefficient (Wildman–Crippen LogP) is 3.16. The van der Waals surface area contributed by atoms with Gasteiger partial charge in [0.2, 0.25) is 10.0 Å². The number of nitrogens with zero attached hydrogens (tertiary/aromatic N) is 4. The number of rotatable bonds is 11. The van der Waals surface area contributed by atoms with Crippen LogP contribution in [0.1, 0.15) is 56.8 Å². The van der Waals surface area contributed by atoms with Crippen LogP contribution in [0.2, 0.25) is 0 Å². The Morgan fingerprint density at radius 3 is 2.54 bits per heavy atom. The van der Waals surface area contributed by atoms with Crippen LogP contribution in [0.5, 0.6) is 11.5 Å². The van der Waals surface area contributed by atoms with Crippen LogP contribution in [-0.2, 0) is 10.0 Å². The van der Waals surface area contributed by atoms with Crippen LogP contribution < -0.4 is 19.7 Å². The molecular formula is C27H39FN6O4S. The highest BCUT2D eigenvalue weighted by atomic mass is 32.2. The van der Waals surface area contributed by atoms with E-state index in [0.717, 1.165) is 45.3 Å². The average molecular weight is 563 g/mol. The third-order valence-electron chi connectivity index (χ3n) is 7.38. The van der Waals surface area contributed by atoms with Crippen molar-refractivity contribution in [2.24, 2.45) is 5.92 Å². The van der Waals surface area contributed by atoms with Crippen molar-refractivity contribution in [3.05, 3.63) is 42.1 Å². The monoisotopic (exact) mass is 562 g/mol. The summed E-state index contributed by atoms with van der Waals surface area (Å²) in [7, 11) is -3.16. The van der Waals surface area contributed by atoms with Crippen LogP contribution in [0.25, 0.3) is 0 Å². The van der Waals surface area contributed by atoms with Crippen molar-refractivity contribution in [3.8, 4) is 11.5 Å². The van der Waals surface area contributed by atoms with Gasteiger partial charge in [0.25, 0.3) is 5.91 Å². The summed E-state index contributed by atoms with van der Waals surface area (Å²) < 4.78 is 45.9. The van der Waals surface area contributed by atoms with Gasteiger partial charge < -0.3 is 19.9 Å². The Kier molecular flexibility index (Phi) is 9.39. The fraction of sp³-hybridized carbons (Fsp3) is 0.593. The van der Waals surface area contributed by atoms with Crippen molar-refractivity contribution < 1.29 is 22.3 Å². The maximum Gasteiger partial charge on any atom is 0.257 e. The molecule has 1 saturated heterocycles. The minimum Gasteiger partial charge on any atom is -0.451 e. The van der Waals surface area contributed by atoms with E-state index < -0.39 is 15.8 Å². The van der Waals surface area contributed by atoms with Gasteiger partial charge in [-0.25, -0.2) is 27.5 Å². The first-order valence-corrected chi connectivity index (χ1v) is 15.5. The van der Waals surface area contributed by atoms with Crippen LogP contribution in [0, 0.1) is 11.7 Å². The molecule has 2 N–H and O–H groups in total. The Morgan fingerprint density at radius 2 is 1.90 bits per heavy atom. The zero-order valence-corrected chi connectivity index (χ0v) is 23.9. The van der Waals surface area contributed by atoms with Gasteiger partial charge in [-0.3, -0.25) is 4.79 Å². The summed E-state index contributed by atoms with van der Waals surface area (Å²) in [6, 6.07) is 4.24. The molecule has 39 heavy (non-hydrogen) atoms. The predicted molar refractivity (Wildman–Crippen MR) is 148 cm³/mol. The van der Waals surface area contributed by atoms with E-state index in [0.29, 0.717) is 30.1 Å². The summed E-state index contributed by atoms with van der Waals surface area (Å²) in [6.45, 7) is 8.58. The molecule has 214 valence electrons. The van der Waals surface area contributed by atoms with Gasteiger partial charge in [0, 0.05) is 37.8 Å². The Bertz CT molecular complexity index is 1250. The Balaban J connectivity index is 1.34. The van der Waals surface area contributed by atoms with Crippen molar-refractivity contribution in [3.63, 3.8) is 0 Å². The third-order valence-corrected chi connectivity index (χ3v) is 8.14. The van der Waals surface area contributed by atoms with Gasteiger partial charge in [0.05, 0.1) is 18.0 Å². The van der Waals surface area contributed by atoms with E-state index in [-0.39, 0.29) is 29.3 Å². The molecule has 2 heterocycles. The number of nitrogens with one attached hydrogen (secondary N) is 2. The van der Waals surface area contributed by atoms with E-state index in [4.69, 9.17) is 4.74 Å². The Labute approximate surface area is 230 Å². The van der Waals surface area contributed by atoms with Crippen LogP contribution in [0.4, 0.5) is 10.2 Å². The van der Waals surface area contributed by atoms with Gasteiger partial charge in [-0.05, 0) is 77.1 Å². The van der Waals surface area contributed by atoms with Gasteiger partial charge in [0.1, 0.15) is 17.9 Å². The maximum absolute atomic E-state index is 14.1. The Hall–Kier alpha value is -2.83. The number of amides is 1. The first kappa shape index (κ1) is 29.2. The number of hydrogen-bond donors (Lipinski definition) is 2. The number of carbonyl (C=O) groups is 1. The molecule has 0 radical (unpaired) electrons. The molecule has 1 aliphatic heterocycles. The summed E-state index contributed by atoms with van der Waals surface area (Å²) in [4.78, 5) is 25.5. The molecule has 2 fully saturated rings. The standard InChI is InChI=1S/C27H39FN6O4S/c1-5-34(18(2)3)27(35)23-12-20(28)8-11-24(23)38-25-14-29-17-31-26(25)33-15-22(16-33)30-13-19-6-9-21(10-7-19)32-39(4,36)37/h8,11-12,14,17-19,21-22,30,32H,5-7,9-10,13,15-16H2,1-4H3/t19-,21-. The molecule has 0 unspecified atom stereocenters. The quantitative estimate of drug-likeness (QED) is 0.429. The van der Waals surface area contributed by atoms with Gasteiger partial charge >= 0.3 is 0 Å². The van der Waals surface area contributed by atoms with Gasteiger partial charge in [-0.2, -0.15) is 0 Å². The zero-order chi connectivity index (χ0) is 28.2. The molecule has 10 nitrogen and oxygen atoms in total. The average Bonchev–Trinajstić information content (AvgIpc) is 2.85. The number of benzene rings is 1. The highest BCUT2D eigenvalue weighted by Crippen LogP contribution is 2.34. The molecule has 4 rings (SSSR count). The second kappa shape index (κ2) is 12.6. The fourth-order valence-electron chi connectivity index (χ4n) is 5.30. The number of sulfonamides is 1. The molecule has 1 saturated carbocycles. The van der Waals surface area contributed by atoms with E-state index in [2.05, 4.69) is 24.9 Å². The number of halogens is 1. The molecule has 0 atom stereocenters. The second-order valence-corrected chi connectivity index (χ2v) is 12.5. The maximum atomic E-state index is 14.1. The van der Waals surface area contributed by atoms with Crippen molar-refractivity contribution >= 4 is 21.7 Å². The van der Waals surface area contributed by atoms with Gasteiger partial charge in [-0.1, -0.05) is 0 Å². The highest BCUT2D eigenvalue weighted by molar-refractivity contribution is 7.88. The van der Waals surface area contributed by atoms with E-state index in [9.17, 15) is 17.6 Å². The van der Waals surface area contributed by atoms with Crippen molar-refractivity contribution in [2.45, 2.75) is 64.6 Å². The summed E-state index contributed by atoms with van der Waals surface area (Å²) in [5.41, 5.74) is 0.157. The first-order chi connectivity index (χ1) is 18.5. The Morgan fingerprint density at radius 1 is 1.18 bits per heavy atom. The van der Waals surface area contributed by atoms with E-state index in [1.165, 1.54) is 30.8 Å². The van der Waals surface area contributed by atoms with Crippen molar-refractivity contribution in [1.82, 2.24) is 24.9 Å². The van der Waals surface area contributed by atoms with Crippen LogP contribution >= 0.6 is 0 Å². The minimum absolute atomic E-state index is 0.0407. The summed E-state index contributed by atoms with van der Waals surface area (Å²) in [5.74, 6) is 1.00. The van der Waals surface area contributed by atoms with Crippen molar-refractivity contribution in [2.75, 3.05) is 37.3 Å². The number of anilines is 1. The largest absolute Gasteiger partial charge is 0.451 e. The fourth-order valence-corrected chi connectivity index (χ4v) is 6.14. The molecular weight excluding hydrogens is 523 g/mol. The van der Waals surface area contributed by atoms with Crippen LogP contribution in [0.15, 0.2) is 30.7 Å². The lowest BCUT2D eigenvalue weighted by Crippen LogP contribution is -2.59. The number of hydrogen-bond acceptors (Lipinski definition) is 8. The van der Waals surface area contributed by atoms with Crippen LogP contribution in [0.3, 0.4) is 0 Å². The lowest BCUT2D eigenvalue weighted by atomic mass is 9.86. The molecule has 1 aliphatic carbocycles. The van der Waals surface area contributed by atoms with E-state index in [1.54, 1.807) is 11.1 Å². The lowest BCUT2D eigenvalue weighted by Gasteiger charge is -2.42. The summed E-state index contributed by atoms with van der Waals surface area (Å²) in [5, 5.41) is 3.62. The SMILES string of the molecule is CCN(C(=O)c1cc(F)ccc1Oc1cncnc1N1CC(NC[C@H]2CC[C@H](NS(C)(=O)=O)CC2)C1)C(C)C. The van der Waals surface area contributed by atoms with Gasteiger partial charge in [0.15, 0.2) is 11.6 Å². The molecule has 1 amide bonds. The van der Waals surface area contributed by atoms with E-state index >= 15 is 0 Å². The lowest BCUT2D eigenvalue weighted by molar-refractivity contribution is 0.0713. The molecule has 12 heteroatoms. The zero-order valence-electron chi connectivity index (χ0n) is 23.1. The molecule has 2 aliphatic rings.